The van der Waals surface area contributed by atoms with E-state index in [0.717, 1.165) is 17.5 Å². The monoisotopic (exact) mass is 378 g/mol. The molecule has 1 saturated heterocycles. The normalized spacial score (nSPS) is 14.2. The number of carbonyl (C=O) groups excluding carboxylic acids is 1. The summed E-state index contributed by atoms with van der Waals surface area (Å²) in [5.74, 6) is 3.10. The zero-order valence-electron chi connectivity index (χ0n) is 15.9. The molecule has 8 heteroatoms. The Morgan fingerprint density at radius 3 is 2.50 bits per heavy atom. The number of ether oxygens (including phenoxy) is 1. The SMILES string of the molecule is COc1ccccc1C(=O)N1CCN(c2cc(-n3ccnc3C)ncn2)CC1. The predicted molar refractivity (Wildman–Crippen MR) is 105 cm³/mol. The fourth-order valence-electron chi connectivity index (χ4n) is 3.39. The molecule has 0 bridgehead atoms. The third-order valence-corrected chi connectivity index (χ3v) is 4.94. The molecule has 0 saturated carbocycles. The highest BCUT2D eigenvalue weighted by molar-refractivity contribution is 5.97. The Balaban J connectivity index is 1.46. The van der Waals surface area contributed by atoms with Crippen LogP contribution in [0.2, 0.25) is 0 Å². The molecule has 1 aromatic carbocycles. The van der Waals surface area contributed by atoms with Crippen molar-refractivity contribution in [1.29, 1.82) is 0 Å². The summed E-state index contributed by atoms with van der Waals surface area (Å²) in [5.41, 5.74) is 0.596. The van der Waals surface area contributed by atoms with Gasteiger partial charge in [-0.05, 0) is 19.1 Å². The standard InChI is InChI=1S/C20H22N6O2/c1-15-21-7-8-26(15)19-13-18(22-14-23-19)24-9-11-25(12-10-24)20(27)16-5-3-4-6-17(16)28-2/h3-8,13-14H,9-12H2,1-2H3. The van der Waals surface area contributed by atoms with E-state index in [4.69, 9.17) is 4.74 Å². The van der Waals surface area contributed by atoms with E-state index in [1.807, 2.05) is 46.9 Å². The summed E-state index contributed by atoms with van der Waals surface area (Å²) < 4.78 is 7.25. The van der Waals surface area contributed by atoms with Crippen LogP contribution in [0.1, 0.15) is 16.2 Å². The molecule has 3 aromatic rings. The molecule has 1 aliphatic heterocycles. The highest BCUT2D eigenvalue weighted by atomic mass is 16.5. The molecular formula is C20H22N6O2. The summed E-state index contributed by atoms with van der Waals surface area (Å²) in [6.45, 7) is 4.60. The first-order chi connectivity index (χ1) is 13.7. The van der Waals surface area contributed by atoms with Crippen LogP contribution in [0.3, 0.4) is 0 Å². The number of amides is 1. The summed E-state index contributed by atoms with van der Waals surface area (Å²) in [4.78, 5) is 29.9. The van der Waals surface area contributed by atoms with Gasteiger partial charge in [-0.3, -0.25) is 9.36 Å². The van der Waals surface area contributed by atoms with Crippen LogP contribution >= 0.6 is 0 Å². The van der Waals surface area contributed by atoms with Crippen LogP contribution < -0.4 is 9.64 Å². The zero-order valence-corrected chi connectivity index (χ0v) is 15.9. The van der Waals surface area contributed by atoms with E-state index in [2.05, 4.69) is 19.9 Å². The summed E-state index contributed by atoms with van der Waals surface area (Å²) in [6.07, 6.45) is 5.20. The second kappa shape index (κ2) is 7.67. The van der Waals surface area contributed by atoms with Gasteiger partial charge in [0, 0.05) is 44.6 Å². The lowest BCUT2D eigenvalue weighted by atomic mass is 10.1. The Labute approximate surface area is 163 Å². The molecule has 1 fully saturated rings. The van der Waals surface area contributed by atoms with Gasteiger partial charge in [0.15, 0.2) is 0 Å². The number of hydrogen-bond acceptors (Lipinski definition) is 6. The lowest BCUT2D eigenvalue weighted by Gasteiger charge is -2.35. The first kappa shape index (κ1) is 18.0. The molecule has 0 spiro atoms. The lowest BCUT2D eigenvalue weighted by Crippen LogP contribution is -2.49. The van der Waals surface area contributed by atoms with Gasteiger partial charge in [-0.15, -0.1) is 0 Å². The number of carbonyl (C=O) groups is 1. The molecule has 144 valence electrons. The number of hydrogen-bond donors (Lipinski definition) is 0. The van der Waals surface area contributed by atoms with E-state index in [1.54, 1.807) is 25.7 Å². The number of benzene rings is 1. The minimum absolute atomic E-state index is 0.00508. The highest BCUT2D eigenvalue weighted by Crippen LogP contribution is 2.22. The third-order valence-electron chi connectivity index (χ3n) is 4.94. The Bertz CT molecular complexity index is 978. The van der Waals surface area contributed by atoms with Crippen molar-refractivity contribution in [2.24, 2.45) is 0 Å². The maximum absolute atomic E-state index is 12.9. The number of aromatic nitrogens is 4. The van der Waals surface area contributed by atoms with Gasteiger partial charge in [0.05, 0.1) is 12.7 Å². The van der Waals surface area contributed by atoms with Crippen molar-refractivity contribution in [2.45, 2.75) is 6.92 Å². The lowest BCUT2D eigenvalue weighted by molar-refractivity contribution is 0.0743. The van der Waals surface area contributed by atoms with Gasteiger partial charge in [-0.1, -0.05) is 12.1 Å². The highest BCUT2D eigenvalue weighted by Gasteiger charge is 2.25. The van der Waals surface area contributed by atoms with Crippen molar-refractivity contribution in [3.05, 3.63) is 60.4 Å². The van der Waals surface area contributed by atoms with Gasteiger partial charge in [0.1, 0.15) is 29.5 Å². The van der Waals surface area contributed by atoms with Crippen molar-refractivity contribution in [3.8, 4) is 11.6 Å². The Kier molecular flexibility index (Phi) is 4.92. The second-order valence-corrected chi connectivity index (χ2v) is 6.56. The van der Waals surface area contributed by atoms with Crippen LogP contribution in [-0.2, 0) is 0 Å². The molecular weight excluding hydrogens is 356 g/mol. The Morgan fingerprint density at radius 2 is 1.79 bits per heavy atom. The molecule has 2 aromatic heterocycles. The number of aryl methyl sites for hydroxylation is 1. The quantitative estimate of drug-likeness (QED) is 0.691. The maximum Gasteiger partial charge on any atom is 0.257 e. The fraction of sp³-hybridized carbons (Fsp3) is 0.300. The Morgan fingerprint density at radius 1 is 1.04 bits per heavy atom. The van der Waals surface area contributed by atoms with Crippen LogP contribution in [-0.4, -0.2) is 63.6 Å². The molecule has 1 aliphatic rings. The summed E-state index contributed by atoms with van der Waals surface area (Å²) in [6, 6.07) is 9.28. The minimum Gasteiger partial charge on any atom is -0.496 e. The topological polar surface area (TPSA) is 76.4 Å². The van der Waals surface area contributed by atoms with Crippen LogP contribution in [0.15, 0.2) is 49.1 Å². The van der Waals surface area contributed by atoms with Gasteiger partial charge in [0.25, 0.3) is 5.91 Å². The predicted octanol–water partition coefficient (Wildman–Crippen LogP) is 1.94. The maximum atomic E-state index is 12.9. The first-order valence-electron chi connectivity index (χ1n) is 9.17. The first-order valence-corrected chi connectivity index (χ1v) is 9.17. The number of piperazine rings is 1. The average Bonchev–Trinajstić information content (AvgIpc) is 3.19. The largest absolute Gasteiger partial charge is 0.496 e. The van der Waals surface area contributed by atoms with Crippen molar-refractivity contribution in [1.82, 2.24) is 24.4 Å². The van der Waals surface area contributed by atoms with Gasteiger partial charge in [-0.25, -0.2) is 15.0 Å². The van der Waals surface area contributed by atoms with Gasteiger partial charge >= 0.3 is 0 Å². The van der Waals surface area contributed by atoms with E-state index in [0.29, 0.717) is 37.5 Å². The van der Waals surface area contributed by atoms with Crippen LogP contribution in [0.5, 0.6) is 5.75 Å². The van der Waals surface area contributed by atoms with Gasteiger partial charge < -0.3 is 14.5 Å². The van der Waals surface area contributed by atoms with Crippen molar-refractivity contribution in [3.63, 3.8) is 0 Å². The van der Waals surface area contributed by atoms with E-state index in [-0.39, 0.29) is 5.91 Å². The third kappa shape index (κ3) is 3.40. The van der Waals surface area contributed by atoms with Gasteiger partial charge in [-0.2, -0.15) is 0 Å². The molecule has 28 heavy (non-hydrogen) atoms. The molecule has 0 aliphatic carbocycles. The van der Waals surface area contributed by atoms with E-state index in [9.17, 15) is 4.79 Å². The van der Waals surface area contributed by atoms with Crippen molar-refractivity contribution in [2.75, 3.05) is 38.2 Å². The molecule has 1 amide bonds. The molecule has 3 heterocycles. The smallest absolute Gasteiger partial charge is 0.257 e. The van der Waals surface area contributed by atoms with E-state index >= 15 is 0 Å². The number of para-hydroxylation sites is 1. The molecule has 0 atom stereocenters. The van der Waals surface area contributed by atoms with Crippen molar-refractivity contribution < 1.29 is 9.53 Å². The number of nitrogens with zero attached hydrogens (tertiary/aromatic N) is 6. The summed E-state index contributed by atoms with van der Waals surface area (Å²) in [7, 11) is 1.58. The van der Waals surface area contributed by atoms with Gasteiger partial charge in [0.2, 0.25) is 0 Å². The number of methoxy groups -OCH3 is 1. The van der Waals surface area contributed by atoms with E-state index in [1.165, 1.54) is 0 Å². The number of rotatable bonds is 4. The molecule has 8 nitrogen and oxygen atoms in total. The summed E-state index contributed by atoms with van der Waals surface area (Å²) >= 11 is 0. The molecule has 0 radical (unpaired) electrons. The Hall–Kier alpha value is -3.42. The average molecular weight is 378 g/mol. The van der Waals surface area contributed by atoms with Crippen LogP contribution in [0.25, 0.3) is 5.82 Å². The number of anilines is 1. The second-order valence-electron chi connectivity index (χ2n) is 6.56. The number of imidazole rings is 1. The van der Waals surface area contributed by atoms with Crippen molar-refractivity contribution >= 4 is 11.7 Å². The van der Waals surface area contributed by atoms with Crippen LogP contribution in [0.4, 0.5) is 5.82 Å². The molecule has 0 unspecified atom stereocenters. The zero-order chi connectivity index (χ0) is 19.5. The summed E-state index contributed by atoms with van der Waals surface area (Å²) in [5, 5.41) is 0. The fourth-order valence-corrected chi connectivity index (χ4v) is 3.39. The minimum atomic E-state index is -0.00508. The van der Waals surface area contributed by atoms with Crippen LogP contribution in [0, 0.1) is 6.92 Å². The molecule has 0 N–H and O–H groups in total. The molecule has 4 rings (SSSR count). The van der Waals surface area contributed by atoms with E-state index < -0.39 is 0 Å².